The van der Waals surface area contributed by atoms with Crippen LogP contribution in [0.3, 0.4) is 0 Å². The van der Waals surface area contributed by atoms with Crippen LogP contribution in [0.15, 0.2) is 39.6 Å². The number of amides is 1. The summed E-state index contributed by atoms with van der Waals surface area (Å²) in [6.07, 6.45) is 0.830. The number of ether oxygens (including phenoxy) is 1. The van der Waals surface area contributed by atoms with Crippen LogP contribution in [0.4, 0.5) is 0 Å². The smallest absolute Gasteiger partial charge is 0.251 e. The van der Waals surface area contributed by atoms with Gasteiger partial charge in [0.2, 0.25) is 10.0 Å². The number of furan rings is 1. The maximum Gasteiger partial charge on any atom is 0.251 e. The number of carbonyl (C=O) groups excluding carboxylic acids is 1. The van der Waals surface area contributed by atoms with E-state index >= 15 is 0 Å². The molecule has 1 aliphatic rings. The largest absolute Gasteiger partial charge is 0.465 e. The predicted octanol–water partition coefficient (Wildman–Crippen LogP) is 2.38. The first-order valence-electron chi connectivity index (χ1n) is 9.32. The van der Waals surface area contributed by atoms with Gasteiger partial charge in [0.25, 0.3) is 5.91 Å². The second-order valence-electron chi connectivity index (χ2n) is 6.91. The predicted molar refractivity (Wildman–Crippen MR) is 104 cm³/mol. The van der Waals surface area contributed by atoms with Crippen LogP contribution < -0.4 is 4.72 Å². The Kier molecular flexibility index (Phi) is 6.22. The molecule has 0 fully saturated rings. The van der Waals surface area contributed by atoms with Crippen molar-refractivity contribution in [3.05, 3.63) is 53.0 Å². The molecular formula is C20H26N2O5S. The lowest BCUT2D eigenvalue weighted by Gasteiger charge is -2.31. The van der Waals surface area contributed by atoms with Gasteiger partial charge in [0, 0.05) is 20.2 Å². The second-order valence-corrected chi connectivity index (χ2v) is 8.68. The second kappa shape index (κ2) is 8.46. The number of carbonyl (C=O) groups is 1. The van der Waals surface area contributed by atoms with Gasteiger partial charge in [-0.3, -0.25) is 4.79 Å². The molecule has 2 aromatic rings. The Balaban J connectivity index is 1.75. The van der Waals surface area contributed by atoms with Crippen molar-refractivity contribution in [3.63, 3.8) is 0 Å². The van der Waals surface area contributed by atoms with E-state index in [9.17, 15) is 13.2 Å². The van der Waals surface area contributed by atoms with Gasteiger partial charge in [-0.15, -0.1) is 0 Å². The third-order valence-electron chi connectivity index (χ3n) is 4.98. The van der Waals surface area contributed by atoms with Gasteiger partial charge in [-0.2, -0.15) is 0 Å². The first-order valence-corrected chi connectivity index (χ1v) is 10.8. The molecule has 0 bridgehead atoms. The number of methoxy groups -OCH3 is 1. The minimum absolute atomic E-state index is 0.0600. The summed E-state index contributed by atoms with van der Waals surface area (Å²) in [7, 11) is -2.16. The summed E-state index contributed by atoms with van der Waals surface area (Å²) in [6, 6.07) is 8.62. The van der Waals surface area contributed by atoms with Crippen molar-refractivity contribution < 1.29 is 22.4 Å². The molecule has 1 N–H and O–H groups in total. The van der Waals surface area contributed by atoms with Gasteiger partial charge in [-0.25, -0.2) is 13.1 Å². The first kappa shape index (κ1) is 20.6. The van der Waals surface area contributed by atoms with Gasteiger partial charge in [-0.05, 0) is 55.2 Å². The Bertz CT molecular complexity index is 947. The van der Waals surface area contributed by atoms with E-state index in [1.165, 1.54) is 7.11 Å². The minimum atomic E-state index is -3.68. The molecule has 8 heteroatoms. The van der Waals surface area contributed by atoms with Gasteiger partial charge >= 0.3 is 0 Å². The third-order valence-corrected chi connectivity index (χ3v) is 6.37. The number of aryl methyl sites for hydroxylation is 1. The standard InChI is InChI=1S/C20H26N2O5S/c1-4-19(26-3)20(23)22-10-9-15-6-8-18(11-16(15)13-22)28(24,25)21-12-17-7-5-14(2)27-17/h5-8,11,19,21H,4,9-10,12-13H2,1-3H3/t19-/m0/s1. The molecule has 3 rings (SSSR count). The van der Waals surface area contributed by atoms with Crippen LogP contribution in [-0.2, 0) is 39.1 Å². The van der Waals surface area contributed by atoms with Crippen LogP contribution in [0.1, 0.15) is 36.0 Å². The highest BCUT2D eigenvalue weighted by molar-refractivity contribution is 7.89. The summed E-state index contributed by atoms with van der Waals surface area (Å²) in [5, 5.41) is 0. The zero-order chi connectivity index (χ0) is 20.3. The normalized spacial score (nSPS) is 15.3. The van der Waals surface area contributed by atoms with E-state index in [1.807, 2.05) is 13.0 Å². The lowest BCUT2D eigenvalue weighted by molar-refractivity contribution is -0.143. The highest BCUT2D eigenvalue weighted by Crippen LogP contribution is 2.24. The highest BCUT2D eigenvalue weighted by Gasteiger charge is 2.27. The lowest BCUT2D eigenvalue weighted by Crippen LogP contribution is -2.42. The molecule has 0 saturated carbocycles. The Morgan fingerprint density at radius 1 is 1.29 bits per heavy atom. The molecule has 7 nitrogen and oxygen atoms in total. The van der Waals surface area contributed by atoms with Gasteiger partial charge in [-0.1, -0.05) is 13.0 Å². The average Bonchev–Trinajstić information content (AvgIpc) is 3.11. The molecule has 0 radical (unpaired) electrons. The maximum absolute atomic E-state index is 12.7. The number of nitrogens with zero attached hydrogens (tertiary/aromatic N) is 1. The van der Waals surface area contributed by atoms with Crippen molar-refractivity contribution in [2.45, 2.75) is 50.8 Å². The Morgan fingerprint density at radius 3 is 2.71 bits per heavy atom. The maximum atomic E-state index is 12.7. The van der Waals surface area contributed by atoms with Crippen molar-refractivity contribution in [2.24, 2.45) is 0 Å². The van der Waals surface area contributed by atoms with E-state index in [4.69, 9.17) is 9.15 Å². The topological polar surface area (TPSA) is 88.8 Å². The van der Waals surface area contributed by atoms with Gasteiger partial charge < -0.3 is 14.1 Å². The third kappa shape index (κ3) is 4.45. The summed E-state index contributed by atoms with van der Waals surface area (Å²) in [4.78, 5) is 14.5. The van der Waals surface area contributed by atoms with Crippen LogP contribution >= 0.6 is 0 Å². The molecular weight excluding hydrogens is 380 g/mol. The molecule has 0 spiro atoms. The van der Waals surface area contributed by atoms with Crippen LogP contribution in [0.25, 0.3) is 0 Å². The number of hydrogen-bond donors (Lipinski definition) is 1. The Morgan fingerprint density at radius 2 is 2.07 bits per heavy atom. The molecule has 1 aromatic heterocycles. The van der Waals surface area contributed by atoms with Crippen molar-refractivity contribution in [3.8, 4) is 0 Å². The molecule has 1 amide bonds. The van der Waals surface area contributed by atoms with E-state index in [0.717, 1.165) is 16.9 Å². The molecule has 28 heavy (non-hydrogen) atoms. The molecule has 0 aliphatic carbocycles. The number of rotatable bonds is 7. The average molecular weight is 407 g/mol. The van der Waals surface area contributed by atoms with Crippen LogP contribution in [0.5, 0.6) is 0 Å². The SMILES string of the molecule is CC[C@H](OC)C(=O)N1CCc2ccc(S(=O)(=O)NCc3ccc(C)o3)cc2C1. The molecule has 2 heterocycles. The van der Waals surface area contributed by atoms with Crippen molar-refractivity contribution in [1.82, 2.24) is 9.62 Å². The van der Waals surface area contributed by atoms with Crippen LogP contribution in [0, 0.1) is 6.92 Å². The summed E-state index contributed by atoms with van der Waals surface area (Å²) in [5.74, 6) is 1.23. The fourth-order valence-electron chi connectivity index (χ4n) is 3.36. The van der Waals surface area contributed by atoms with Crippen LogP contribution in [-0.4, -0.2) is 39.0 Å². The van der Waals surface area contributed by atoms with E-state index < -0.39 is 16.1 Å². The number of sulfonamides is 1. The van der Waals surface area contributed by atoms with E-state index in [0.29, 0.717) is 31.7 Å². The first-order chi connectivity index (χ1) is 13.3. The van der Waals surface area contributed by atoms with E-state index in [2.05, 4.69) is 4.72 Å². The number of nitrogens with one attached hydrogen (secondary N) is 1. The molecule has 0 unspecified atom stereocenters. The van der Waals surface area contributed by atoms with Crippen LogP contribution in [0.2, 0.25) is 0 Å². The van der Waals surface area contributed by atoms with Crippen molar-refractivity contribution in [2.75, 3.05) is 13.7 Å². The summed E-state index contributed by atoms with van der Waals surface area (Å²) >= 11 is 0. The minimum Gasteiger partial charge on any atom is -0.465 e. The monoisotopic (exact) mass is 406 g/mol. The molecule has 1 aliphatic heterocycles. The molecule has 152 valence electrons. The number of fused-ring (bicyclic) bond motifs is 1. The Labute approximate surface area is 165 Å². The summed E-state index contributed by atoms with van der Waals surface area (Å²) in [5.41, 5.74) is 1.91. The fraction of sp³-hybridized carbons (Fsp3) is 0.450. The van der Waals surface area contributed by atoms with Crippen molar-refractivity contribution in [1.29, 1.82) is 0 Å². The molecule has 1 atom stereocenters. The van der Waals surface area contributed by atoms with Gasteiger partial charge in [0.15, 0.2) is 0 Å². The zero-order valence-electron chi connectivity index (χ0n) is 16.4. The van der Waals surface area contributed by atoms with E-state index in [-0.39, 0.29) is 17.3 Å². The lowest BCUT2D eigenvalue weighted by atomic mass is 9.99. The molecule has 0 saturated heterocycles. The summed E-state index contributed by atoms with van der Waals surface area (Å²) < 4.78 is 38.5. The fourth-order valence-corrected chi connectivity index (χ4v) is 4.41. The highest BCUT2D eigenvalue weighted by atomic mass is 32.2. The zero-order valence-corrected chi connectivity index (χ0v) is 17.2. The van der Waals surface area contributed by atoms with Crippen molar-refractivity contribution >= 4 is 15.9 Å². The molecule has 1 aromatic carbocycles. The van der Waals surface area contributed by atoms with Gasteiger partial charge in [0.1, 0.15) is 17.6 Å². The summed E-state index contributed by atoms with van der Waals surface area (Å²) in [6.45, 7) is 4.79. The quantitative estimate of drug-likeness (QED) is 0.763. The Hall–Kier alpha value is -2.16. The van der Waals surface area contributed by atoms with E-state index in [1.54, 1.807) is 36.1 Å². The number of hydrogen-bond acceptors (Lipinski definition) is 5. The van der Waals surface area contributed by atoms with Gasteiger partial charge in [0.05, 0.1) is 11.4 Å². The number of benzene rings is 1.